The van der Waals surface area contributed by atoms with Gasteiger partial charge in [0.15, 0.2) is 0 Å². The number of esters is 1. The summed E-state index contributed by atoms with van der Waals surface area (Å²) in [4.78, 5) is 12.0. The van der Waals surface area contributed by atoms with Crippen LogP contribution in [0.25, 0.3) is 0 Å². The first kappa shape index (κ1) is 11.6. The van der Waals surface area contributed by atoms with Crippen molar-refractivity contribution in [3.05, 3.63) is 47.4 Å². The van der Waals surface area contributed by atoms with E-state index in [9.17, 15) is 9.90 Å². The Balaban J connectivity index is 2.16. The van der Waals surface area contributed by atoms with E-state index in [4.69, 9.17) is 9.47 Å². The predicted octanol–water partition coefficient (Wildman–Crippen LogP) is 2.48. The quantitative estimate of drug-likeness (QED) is 0.425. The number of allylic oxidation sites excluding steroid dienone is 2. The molecule has 1 aromatic carbocycles. The number of carbonyl (C=O) groups is 1. The molecule has 0 bridgehead atoms. The van der Waals surface area contributed by atoms with Crippen LogP contribution in [0.1, 0.15) is 13.8 Å². The average molecular weight is 259 g/mol. The van der Waals surface area contributed by atoms with E-state index in [0.717, 1.165) is 5.69 Å². The Hall–Kier alpha value is -2.43. The number of cyclic esters (lactones) is 1. The summed E-state index contributed by atoms with van der Waals surface area (Å²) in [6, 6.07) is 7.34. The Bertz CT molecular complexity index is 601. The molecule has 5 heteroatoms. The van der Waals surface area contributed by atoms with Crippen LogP contribution in [-0.2, 0) is 9.53 Å². The number of para-hydroxylation sites is 2. The predicted molar refractivity (Wildman–Crippen MR) is 68.6 cm³/mol. The van der Waals surface area contributed by atoms with Gasteiger partial charge in [-0.25, -0.2) is 4.79 Å². The highest BCUT2D eigenvalue weighted by Crippen LogP contribution is 2.43. The molecule has 2 N–H and O–H groups in total. The number of ether oxygens (including phenoxy) is 2. The Morgan fingerprint density at radius 3 is 2.79 bits per heavy atom. The monoisotopic (exact) mass is 259 g/mol. The summed E-state index contributed by atoms with van der Waals surface area (Å²) in [5.41, 5.74) is -0.364. The number of aliphatic hydroxyl groups excluding tert-OH is 1. The highest BCUT2D eigenvalue weighted by Gasteiger charge is 2.49. The summed E-state index contributed by atoms with van der Waals surface area (Å²) in [5, 5.41) is 12.9. The van der Waals surface area contributed by atoms with Crippen LogP contribution < -0.4 is 10.1 Å². The van der Waals surface area contributed by atoms with Crippen LogP contribution in [0.15, 0.2) is 47.4 Å². The number of anilines is 1. The van der Waals surface area contributed by atoms with Gasteiger partial charge in [0.25, 0.3) is 0 Å². The van der Waals surface area contributed by atoms with Crippen LogP contribution >= 0.6 is 0 Å². The molecule has 0 fully saturated rings. The van der Waals surface area contributed by atoms with Gasteiger partial charge in [0, 0.05) is 6.08 Å². The Morgan fingerprint density at radius 2 is 2.11 bits per heavy atom. The van der Waals surface area contributed by atoms with Gasteiger partial charge in [-0.15, -0.1) is 0 Å². The van der Waals surface area contributed by atoms with Crippen molar-refractivity contribution >= 4 is 11.7 Å². The van der Waals surface area contributed by atoms with E-state index >= 15 is 0 Å². The minimum Gasteiger partial charge on any atom is -0.512 e. The number of carbonyl (C=O) groups excluding carboxylic acids is 1. The summed E-state index contributed by atoms with van der Waals surface area (Å²) < 4.78 is 10.9. The summed E-state index contributed by atoms with van der Waals surface area (Å²) in [5.74, 6) is 0.310. The van der Waals surface area contributed by atoms with E-state index in [1.807, 2.05) is 18.2 Å². The fourth-order valence-corrected chi connectivity index (χ4v) is 2.39. The third kappa shape index (κ3) is 1.66. The number of hydrogen-bond donors (Lipinski definition) is 2. The first-order chi connectivity index (χ1) is 9.02. The minimum atomic E-state index is -1.19. The number of rotatable bonds is 0. The highest BCUT2D eigenvalue weighted by atomic mass is 16.6. The minimum absolute atomic E-state index is 0.0642. The second-order valence-electron chi connectivity index (χ2n) is 4.56. The largest absolute Gasteiger partial charge is 0.512 e. The van der Waals surface area contributed by atoms with Crippen molar-refractivity contribution in [1.29, 1.82) is 0 Å². The maximum atomic E-state index is 12.0. The standard InChI is InChI=1S/C14H13NO4/c1-8-7-14(12(9(2)16)13(17)18-8)15-10-5-3-4-6-11(10)19-14/h3-7,15-16H,1-2H3/b12-9-. The van der Waals surface area contributed by atoms with E-state index in [0.29, 0.717) is 11.5 Å². The van der Waals surface area contributed by atoms with Crippen molar-refractivity contribution in [1.82, 2.24) is 0 Å². The molecule has 0 saturated carbocycles. The molecule has 0 saturated heterocycles. The number of benzene rings is 1. The third-order valence-corrected chi connectivity index (χ3v) is 3.08. The maximum absolute atomic E-state index is 12.0. The van der Waals surface area contributed by atoms with Crippen molar-refractivity contribution in [2.24, 2.45) is 0 Å². The van der Waals surface area contributed by atoms with Gasteiger partial charge in [-0.05, 0) is 26.0 Å². The summed E-state index contributed by atoms with van der Waals surface area (Å²) in [7, 11) is 0. The molecular formula is C14H13NO4. The van der Waals surface area contributed by atoms with E-state index in [1.54, 1.807) is 19.1 Å². The van der Waals surface area contributed by atoms with Crippen LogP contribution in [0.5, 0.6) is 5.75 Å². The highest BCUT2D eigenvalue weighted by molar-refractivity contribution is 5.95. The molecule has 2 aliphatic heterocycles. The number of nitrogens with one attached hydrogen (secondary N) is 1. The molecule has 1 unspecified atom stereocenters. The van der Waals surface area contributed by atoms with E-state index < -0.39 is 11.7 Å². The lowest BCUT2D eigenvalue weighted by Crippen LogP contribution is -2.47. The van der Waals surface area contributed by atoms with Gasteiger partial charge in [-0.1, -0.05) is 12.1 Å². The Kier molecular flexibility index (Phi) is 2.32. The molecule has 5 nitrogen and oxygen atoms in total. The topological polar surface area (TPSA) is 67.8 Å². The number of hydrogen-bond acceptors (Lipinski definition) is 5. The summed E-state index contributed by atoms with van der Waals surface area (Å²) >= 11 is 0. The molecule has 3 rings (SSSR count). The average Bonchev–Trinajstić information content (AvgIpc) is 2.64. The first-order valence-corrected chi connectivity index (χ1v) is 5.90. The summed E-state index contributed by atoms with van der Waals surface area (Å²) in [6.45, 7) is 3.10. The maximum Gasteiger partial charge on any atom is 0.349 e. The Labute approximate surface area is 110 Å². The SMILES string of the molecule is CC1=CC2(Nc3ccccc3O2)/C(=C(/C)O)C(=O)O1. The van der Waals surface area contributed by atoms with E-state index in [2.05, 4.69) is 5.32 Å². The van der Waals surface area contributed by atoms with E-state index in [1.165, 1.54) is 6.92 Å². The molecule has 0 aromatic heterocycles. The molecule has 2 heterocycles. The zero-order chi connectivity index (χ0) is 13.6. The van der Waals surface area contributed by atoms with Crippen molar-refractivity contribution in [3.63, 3.8) is 0 Å². The van der Waals surface area contributed by atoms with Crippen LogP contribution in [0.2, 0.25) is 0 Å². The van der Waals surface area contributed by atoms with Gasteiger partial charge in [-0.2, -0.15) is 0 Å². The number of fused-ring (bicyclic) bond motifs is 1. The molecular weight excluding hydrogens is 246 g/mol. The van der Waals surface area contributed by atoms with Crippen LogP contribution in [0.4, 0.5) is 5.69 Å². The second-order valence-corrected chi connectivity index (χ2v) is 4.56. The molecule has 0 radical (unpaired) electrons. The molecule has 19 heavy (non-hydrogen) atoms. The van der Waals surface area contributed by atoms with Crippen LogP contribution in [-0.4, -0.2) is 16.8 Å². The van der Waals surface area contributed by atoms with Crippen molar-refractivity contribution in [2.45, 2.75) is 19.6 Å². The van der Waals surface area contributed by atoms with Gasteiger partial charge in [-0.3, -0.25) is 0 Å². The normalized spacial score (nSPS) is 27.1. The fourth-order valence-electron chi connectivity index (χ4n) is 2.39. The van der Waals surface area contributed by atoms with Gasteiger partial charge >= 0.3 is 5.97 Å². The van der Waals surface area contributed by atoms with Gasteiger partial charge in [0.05, 0.1) is 5.69 Å². The lowest BCUT2D eigenvalue weighted by molar-refractivity contribution is -0.138. The van der Waals surface area contributed by atoms with Crippen LogP contribution in [0, 0.1) is 0 Å². The molecule has 0 amide bonds. The second kappa shape index (κ2) is 3.78. The molecule has 1 aromatic rings. The van der Waals surface area contributed by atoms with Crippen molar-refractivity contribution < 1.29 is 19.4 Å². The molecule has 98 valence electrons. The molecule has 1 spiro atoms. The molecule has 2 aliphatic rings. The first-order valence-electron chi connectivity index (χ1n) is 5.90. The van der Waals surface area contributed by atoms with E-state index in [-0.39, 0.29) is 11.3 Å². The summed E-state index contributed by atoms with van der Waals surface area (Å²) in [6.07, 6.45) is 1.64. The van der Waals surface area contributed by atoms with Crippen molar-refractivity contribution in [3.8, 4) is 5.75 Å². The lowest BCUT2D eigenvalue weighted by atomic mass is 9.98. The zero-order valence-corrected chi connectivity index (χ0v) is 10.6. The van der Waals surface area contributed by atoms with Gasteiger partial charge in [0.1, 0.15) is 22.8 Å². The van der Waals surface area contributed by atoms with Gasteiger partial charge < -0.3 is 19.9 Å². The smallest absolute Gasteiger partial charge is 0.349 e. The van der Waals surface area contributed by atoms with Crippen LogP contribution in [0.3, 0.4) is 0 Å². The zero-order valence-electron chi connectivity index (χ0n) is 10.6. The Morgan fingerprint density at radius 1 is 1.37 bits per heavy atom. The van der Waals surface area contributed by atoms with Gasteiger partial charge in [0.2, 0.25) is 5.72 Å². The third-order valence-electron chi connectivity index (χ3n) is 3.08. The fraction of sp³-hybridized carbons (Fsp3) is 0.214. The lowest BCUT2D eigenvalue weighted by Gasteiger charge is -2.31. The van der Waals surface area contributed by atoms with Crippen molar-refractivity contribution in [2.75, 3.05) is 5.32 Å². The molecule has 0 aliphatic carbocycles. The molecule has 1 atom stereocenters. The number of aliphatic hydroxyl groups is 1.